The molecule has 10 nitrogen and oxygen atoms in total. The summed E-state index contributed by atoms with van der Waals surface area (Å²) >= 11 is 6.48. The number of carbonyl (C=O) groups is 2. The lowest BCUT2D eigenvalue weighted by molar-refractivity contribution is -0.274. The van der Waals surface area contributed by atoms with E-state index in [2.05, 4.69) is 15.0 Å². The third-order valence-electron chi connectivity index (χ3n) is 7.74. The number of aliphatic carboxylic acids is 2. The number of halogens is 4. The van der Waals surface area contributed by atoms with Gasteiger partial charge in [0.15, 0.2) is 0 Å². The Bertz CT molecular complexity index is 1530. The molecule has 1 aromatic heterocycles. The second kappa shape index (κ2) is 12.6. The van der Waals surface area contributed by atoms with E-state index < -0.39 is 35.7 Å². The highest BCUT2D eigenvalue weighted by atomic mass is 35.5. The third-order valence-corrected chi connectivity index (χ3v) is 8.08. The Kier molecular flexibility index (Phi) is 9.35. The number of carboxylic acids is 2. The number of hydrogen-bond donors (Lipinski definition) is 2. The molecule has 43 heavy (non-hydrogen) atoms. The molecule has 3 atom stereocenters. The molecule has 0 aliphatic carbocycles. The Balaban J connectivity index is 1.56. The molecule has 14 heteroatoms. The standard InChI is InChI=1S/C29H30ClF3N4O6/c1-4-37-17(2)28(3,27(40)41)25(20-10-5-6-11-21(20)30)24(26(38)39)23(37)16-42-13-12-36-15-22(34-35-36)18-8-7-9-19(14-18)43-29(31,32)33/h5-11,14-15,17,25H,4,12-13,16H2,1-3H3,(H,38,39)(H,40,41). The minimum atomic E-state index is -4.83. The second-order valence-corrected chi connectivity index (χ2v) is 10.6. The topological polar surface area (TPSA) is 127 Å². The van der Waals surface area contributed by atoms with E-state index in [1.807, 2.05) is 0 Å². The summed E-state index contributed by atoms with van der Waals surface area (Å²) in [4.78, 5) is 27.2. The molecule has 230 valence electrons. The fraction of sp³-hybridized carbons (Fsp3) is 0.379. The Morgan fingerprint density at radius 2 is 1.86 bits per heavy atom. The van der Waals surface area contributed by atoms with Gasteiger partial charge < -0.3 is 24.6 Å². The molecule has 0 radical (unpaired) electrons. The zero-order valence-corrected chi connectivity index (χ0v) is 24.3. The average Bonchev–Trinajstić information content (AvgIpc) is 3.41. The van der Waals surface area contributed by atoms with Crippen LogP contribution < -0.4 is 4.74 Å². The predicted octanol–water partition coefficient (Wildman–Crippen LogP) is 5.45. The van der Waals surface area contributed by atoms with Crippen LogP contribution in [0.4, 0.5) is 13.2 Å². The molecular formula is C29H30ClF3N4O6. The van der Waals surface area contributed by atoms with E-state index in [0.717, 1.165) is 0 Å². The summed E-state index contributed by atoms with van der Waals surface area (Å²) in [6.45, 7) is 5.56. The quantitative estimate of drug-likeness (QED) is 0.268. The molecule has 3 aromatic rings. The monoisotopic (exact) mass is 622 g/mol. The van der Waals surface area contributed by atoms with Crippen molar-refractivity contribution in [2.45, 2.75) is 45.6 Å². The number of aromatic nitrogens is 3. The van der Waals surface area contributed by atoms with Crippen molar-refractivity contribution in [3.8, 4) is 17.0 Å². The van der Waals surface area contributed by atoms with Gasteiger partial charge in [0.1, 0.15) is 11.4 Å². The minimum absolute atomic E-state index is 0.0787. The molecule has 1 aliphatic heterocycles. The van der Waals surface area contributed by atoms with Gasteiger partial charge in [-0.05, 0) is 44.5 Å². The summed E-state index contributed by atoms with van der Waals surface area (Å²) in [6, 6.07) is 11.3. The van der Waals surface area contributed by atoms with Crippen LogP contribution in [-0.2, 0) is 20.9 Å². The van der Waals surface area contributed by atoms with Crippen LogP contribution in [0.2, 0.25) is 5.02 Å². The number of ether oxygens (including phenoxy) is 2. The number of carboxylic acid groups (broad SMARTS) is 2. The highest BCUT2D eigenvalue weighted by Crippen LogP contribution is 2.52. The van der Waals surface area contributed by atoms with Gasteiger partial charge in [-0.1, -0.05) is 47.1 Å². The zero-order chi connectivity index (χ0) is 31.5. The van der Waals surface area contributed by atoms with Crippen LogP contribution in [0.3, 0.4) is 0 Å². The highest BCUT2D eigenvalue weighted by molar-refractivity contribution is 6.31. The van der Waals surface area contributed by atoms with Crippen LogP contribution in [0.1, 0.15) is 32.3 Å². The van der Waals surface area contributed by atoms with E-state index in [1.165, 1.54) is 36.0 Å². The fourth-order valence-electron chi connectivity index (χ4n) is 5.50. The van der Waals surface area contributed by atoms with E-state index in [9.17, 15) is 33.0 Å². The molecule has 2 N–H and O–H groups in total. The first-order valence-corrected chi connectivity index (χ1v) is 13.7. The number of rotatable bonds is 11. The lowest BCUT2D eigenvalue weighted by Crippen LogP contribution is -2.57. The maximum absolute atomic E-state index is 12.8. The molecule has 3 unspecified atom stereocenters. The number of alkyl halides is 3. The molecular weight excluding hydrogens is 593 g/mol. The van der Waals surface area contributed by atoms with Crippen molar-refractivity contribution in [3.63, 3.8) is 0 Å². The van der Waals surface area contributed by atoms with E-state index in [-0.39, 0.29) is 36.1 Å². The van der Waals surface area contributed by atoms with Gasteiger partial charge in [-0.2, -0.15) is 0 Å². The van der Waals surface area contributed by atoms with E-state index >= 15 is 0 Å². The van der Waals surface area contributed by atoms with Gasteiger partial charge in [0, 0.05) is 29.1 Å². The van der Waals surface area contributed by atoms with E-state index in [0.29, 0.717) is 29.1 Å². The second-order valence-electron chi connectivity index (χ2n) is 10.2. The summed E-state index contributed by atoms with van der Waals surface area (Å²) in [7, 11) is 0. The molecule has 0 fully saturated rings. The van der Waals surface area contributed by atoms with Crippen molar-refractivity contribution in [1.29, 1.82) is 0 Å². The molecule has 2 heterocycles. The predicted molar refractivity (Wildman–Crippen MR) is 149 cm³/mol. The third kappa shape index (κ3) is 6.62. The van der Waals surface area contributed by atoms with Crippen LogP contribution in [0.5, 0.6) is 5.75 Å². The molecule has 0 amide bonds. The van der Waals surface area contributed by atoms with Gasteiger partial charge in [-0.15, -0.1) is 18.3 Å². The minimum Gasteiger partial charge on any atom is -0.481 e. The van der Waals surface area contributed by atoms with Gasteiger partial charge >= 0.3 is 18.3 Å². The first-order valence-electron chi connectivity index (χ1n) is 13.3. The van der Waals surface area contributed by atoms with Gasteiger partial charge in [0.25, 0.3) is 0 Å². The van der Waals surface area contributed by atoms with Crippen LogP contribution in [-0.4, -0.2) is 74.2 Å². The van der Waals surface area contributed by atoms with Crippen LogP contribution in [0.25, 0.3) is 11.3 Å². The largest absolute Gasteiger partial charge is 0.573 e. The molecule has 1 aliphatic rings. The van der Waals surface area contributed by atoms with Gasteiger partial charge in [-0.3, -0.25) is 4.79 Å². The molecule has 0 saturated heterocycles. The zero-order valence-electron chi connectivity index (χ0n) is 23.5. The van der Waals surface area contributed by atoms with Crippen molar-refractivity contribution in [2.75, 3.05) is 19.8 Å². The fourth-order valence-corrected chi connectivity index (χ4v) is 5.75. The van der Waals surface area contributed by atoms with Gasteiger partial charge in [0.2, 0.25) is 0 Å². The summed E-state index contributed by atoms with van der Waals surface area (Å²) in [5.74, 6) is -3.89. The highest BCUT2D eigenvalue weighted by Gasteiger charge is 2.56. The molecule has 0 bridgehead atoms. The van der Waals surface area contributed by atoms with E-state index in [4.69, 9.17) is 16.3 Å². The van der Waals surface area contributed by atoms with Crippen molar-refractivity contribution in [2.24, 2.45) is 5.41 Å². The number of hydrogen-bond acceptors (Lipinski definition) is 7. The summed E-state index contributed by atoms with van der Waals surface area (Å²) in [6.07, 6.45) is -3.29. The molecule has 0 saturated carbocycles. The first kappa shape index (κ1) is 31.8. The van der Waals surface area contributed by atoms with Crippen molar-refractivity contribution < 1.29 is 42.4 Å². The number of likely N-dealkylation sites (N-methyl/N-ethyl adjacent to an activating group) is 1. The van der Waals surface area contributed by atoms with Gasteiger partial charge in [-0.25, -0.2) is 9.48 Å². The van der Waals surface area contributed by atoms with Crippen LogP contribution >= 0.6 is 11.6 Å². The smallest absolute Gasteiger partial charge is 0.481 e. The lowest BCUT2D eigenvalue weighted by atomic mass is 9.62. The average molecular weight is 623 g/mol. The normalized spacial score (nSPS) is 20.8. The van der Waals surface area contributed by atoms with Crippen LogP contribution in [0, 0.1) is 5.41 Å². The Labute approximate surface area is 250 Å². The molecule has 0 spiro atoms. The van der Waals surface area contributed by atoms with Crippen molar-refractivity contribution in [1.82, 2.24) is 19.9 Å². The summed E-state index contributed by atoms with van der Waals surface area (Å²) in [5, 5.41) is 29.0. The SMILES string of the molecule is CCN1C(COCCn2cc(-c3cccc(OC(F)(F)F)c3)nn2)=C(C(=O)O)C(c2ccccc2Cl)C(C)(C(=O)O)C1C. The summed E-state index contributed by atoms with van der Waals surface area (Å²) in [5.41, 5.74) is -0.220. The maximum Gasteiger partial charge on any atom is 0.573 e. The Hall–Kier alpha value is -4.10. The Morgan fingerprint density at radius 3 is 2.49 bits per heavy atom. The summed E-state index contributed by atoms with van der Waals surface area (Å²) < 4.78 is 49.0. The van der Waals surface area contributed by atoms with Crippen molar-refractivity contribution >= 4 is 23.5 Å². The molecule has 4 rings (SSSR count). The van der Waals surface area contributed by atoms with E-state index in [1.54, 1.807) is 49.1 Å². The number of benzene rings is 2. The van der Waals surface area contributed by atoms with Crippen LogP contribution in [0.15, 0.2) is 66.0 Å². The number of nitrogens with zero attached hydrogens (tertiary/aromatic N) is 4. The lowest BCUT2D eigenvalue weighted by Gasteiger charge is -2.51. The first-order chi connectivity index (χ1) is 20.3. The maximum atomic E-state index is 12.8. The Morgan fingerprint density at radius 1 is 1.14 bits per heavy atom. The molecule has 2 aromatic carbocycles. The van der Waals surface area contributed by atoms with Crippen molar-refractivity contribution in [3.05, 3.63) is 76.6 Å². The van der Waals surface area contributed by atoms with Gasteiger partial charge in [0.05, 0.1) is 42.6 Å².